The number of methoxy groups -OCH3 is 2. The van der Waals surface area contributed by atoms with Crippen LogP contribution in [0.5, 0.6) is 17.2 Å². The lowest BCUT2D eigenvalue weighted by Gasteiger charge is -2.16. The molecule has 5 heteroatoms. The minimum atomic E-state index is -0.191. The van der Waals surface area contributed by atoms with Crippen LogP contribution in [0.25, 0.3) is 0 Å². The summed E-state index contributed by atoms with van der Waals surface area (Å²) in [6.07, 6.45) is 0. The minimum absolute atomic E-state index is 0.0533. The van der Waals surface area contributed by atoms with Gasteiger partial charge >= 0.3 is 0 Å². The van der Waals surface area contributed by atoms with Gasteiger partial charge in [-0.05, 0) is 17.7 Å². The van der Waals surface area contributed by atoms with Crippen LogP contribution in [0, 0.1) is 0 Å². The van der Waals surface area contributed by atoms with Crippen LogP contribution in [0.4, 0.5) is 0 Å². The van der Waals surface area contributed by atoms with Crippen molar-refractivity contribution in [2.75, 3.05) is 27.4 Å². The van der Waals surface area contributed by atoms with Crippen molar-refractivity contribution in [1.29, 1.82) is 0 Å². The molecular weight excluding hydrogens is 210 g/mol. The summed E-state index contributed by atoms with van der Waals surface area (Å²) in [7, 11) is 2.91. The van der Waals surface area contributed by atoms with Crippen LogP contribution < -0.4 is 15.2 Å². The van der Waals surface area contributed by atoms with Gasteiger partial charge in [-0.2, -0.15) is 0 Å². The Morgan fingerprint density at radius 1 is 1.25 bits per heavy atom. The number of aliphatic hydroxyl groups is 1. The first kappa shape index (κ1) is 12.6. The predicted molar refractivity (Wildman–Crippen MR) is 60.1 cm³/mol. The van der Waals surface area contributed by atoms with E-state index in [2.05, 4.69) is 0 Å². The molecule has 0 fully saturated rings. The van der Waals surface area contributed by atoms with Gasteiger partial charge in [-0.25, -0.2) is 0 Å². The fraction of sp³-hybridized carbons (Fsp3) is 0.455. The number of hydrogen-bond donors (Lipinski definition) is 3. The third-order valence-corrected chi connectivity index (χ3v) is 2.48. The summed E-state index contributed by atoms with van der Waals surface area (Å²) in [5.41, 5.74) is 6.31. The second-order valence-corrected chi connectivity index (χ2v) is 3.39. The molecule has 1 atom stereocenters. The Morgan fingerprint density at radius 2 is 1.75 bits per heavy atom. The van der Waals surface area contributed by atoms with E-state index in [9.17, 15) is 5.11 Å². The minimum Gasteiger partial charge on any atom is -0.502 e. The molecule has 0 bridgehead atoms. The van der Waals surface area contributed by atoms with Crippen molar-refractivity contribution in [3.63, 3.8) is 0 Å². The Bertz CT molecular complexity index is 325. The monoisotopic (exact) mass is 227 g/mol. The van der Waals surface area contributed by atoms with Crippen LogP contribution in [0.1, 0.15) is 11.5 Å². The zero-order valence-electron chi connectivity index (χ0n) is 9.43. The second kappa shape index (κ2) is 5.58. The largest absolute Gasteiger partial charge is 0.502 e. The molecule has 0 aliphatic carbocycles. The summed E-state index contributed by atoms with van der Waals surface area (Å²) in [6, 6.07) is 3.29. The van der Waals surface area contributed by atoms with E-state index < -0.39 is 0 Å². The van der Waals surface area contributed by atoms with Crippen LogP contribution in [-0.2, 0) is 0 Å². The van der Waals surface area contributed by atoms with Gasteiger partial charge < -0.3 is 25.4 Å². The lowest BCUT2D eigenvalue weighted by atomic mass is 9.99. The first-order valence-electron chi connectivity index (χ1n) is 4.93. The molecule has 0 saturated heterocycles. The molecule has 1 rings (SSSR count). The number of aromatic hydroxyl groups is 1. The first-order chi connectivity index (χ1) is 7.67. The van der Waals surface area contributed by atoms with Gasteiger partial charge in [-0.3, -0.25) is 0 Å². The molecule has 1 unspecified atom stereocenters. The maximum absolute atomic E-state index is 9.70. The molecule has 1 aromatic carbocycles. The molecule has 5 nitrogen and oxygen atoms in total. The smallest absolute Gasteiger partial charge is 0.200 e. The van der Waals surface area contributed by atoms with Gasteiger partial charge in [0, 0.05) is 12.5 Å². The van der Waals surface area contributed by atoms with E-state index in [1.54, 1.807) is 12.1 Å². The Hall–Kier alpha value is -1.46. The summed E-state index contributed by atoms with van der Waals surface area (Å²) in [4.78, 5) is 0. The molecule has 0 aliphatic rings. The van der Waals surface area contributed by atoms with Crippen molar-refractivity contribution in [2.45, 2.75) is 5.92 Å². The van der Waals surface area contributed by atoms with Gasteiger partial charge in [0.2, 0.25) is 5.75 Å². The molecule has 0 aliphatic heterocycles. The molecule has 4 N–H and O–H groups in total. The highest BCUT2D eigenvalue weighted by atomic mass is 16.5. The Balaban J connectivity index is 3.20. The van der Waals surface area contributed by atoms with Crippen molar-refractivity contribution in [3.05, 3.63) is 17.7 Å². The highest BCUT2D eigenvalue weighted by molar-refractivity contribution is 5.53. The third-order valence-electron chi connectivity index (χ3n) is 2.48. The molecule has 90 valence electrons. The fourth-order valence-electron chi connectivity index (χ4n) is 1.47. The maximum atomic E-state index is 9.70. The van der Waals surface area contributed by atoms with Gasteiger partial charge in [0.15, 0.2) is 11.5 Å². The number of phenols is 1. The van der Waals surface area contributed by atoms with Crippen molar-refractivity contribution in [3.8, 4) is 17.2 Å². The van der Waals surface area contributed by atoms with E-state index in [0.29, 0.717) is 18.0 Å². The average molecular weight is 227 g/mol. The topological polar surface area (TPSA) is 84.9 Å². The lowest BCUT2D eigenvalue weighted by molar-refractivity contribution is 0.266. The Morgan fingerprint density at radius 3 is 2.06 bits per heavy atom. The van der Waals surface area contributed by atoms with E-state index in [1.807, 2.05) is 0 Å². The molecular formula is C11H17NO4. The first-order valence-corrected chi connectivity index (χ1v) is 4.93. The van der Waals surface area contributed by atoms with Crippen molar-refractivity contribution in [1.82, 2.24) is 0 Å². The van der Waals surface area contributed by atoms with E-state index >= 15 is 0 Å². The molecule has 16 heavy (non-hydrogen) atoms. The van der Waals surface area contributed by atoms with E-state index in [-0.39, 0.29) is 18.3 Å². The molecule has 0 amide bonds. The van der Waals surface area contributed by atoms with Crippen LogP contribution in [0.2, 0.25) is 0 Å². The highest BCUT2D eigenvalue weighted by Gasteiger charge is 2.16. The van der Waals surface area contributed by atoms with Crippen LogP contribution >= 0.6 is 0 Å². The van der Waals surface area contributed by atoms with Crippen molar-refractivity contribution < 1.29 is 19.7 Å². The number of ether oxygens (including phenoxy) is 2. The van der Waals surface area contributed by atoms with Crippen molar-refractivity contribution in [2.24, 2.45) is 5.73 Å². The molecule has 0 aromatic heterocycles. The standard InChI is InChI=1S/C11H17NO4/c1-15-9-3-7(8(5-12)6-13)4-10(16-2)11(9)14/h3-4,8,13-14H,5-6,12H2,1-2H3. The molecule has 0 spiro atoms. The summed E-state index contributed by atoms with van der Waals surface area (Å²) < 4.78 is 10.0. The average Bonchev–Trinajstić information content (AvgIpc) is 2.32. The highest BCUT2D eigenvalue weighted by Crippen LogP contribution is 2.38. The number of benzene rings is 1. The Labute approximate surface area is 94.4 Å². The van der Waals surface area contributed by atoms with Crippen molar-refractivity contribution >= 4 is 0 Å². The van der Waals surface area contributed by atoms with Gasteiger partial charge in [0.1, 0.15) is 0 Å². The van der Waals surface area contributed by atoms with Gasteiger partial charge in [-0.1, -0.05) is 0 Å². The quantitative estimate of drug-likeness (QED) is 0.679. The predicted octanol–water partition coefficient (Wildman–Crippen LogP) is 0.444. The zero-order chi connectivity index (χ0) is 12.1. The zero-order valence-corrected chi connectivity index (χ0v) is 9.43. The number of phenolic OH excluding ortho intramolecular Hbond substituents is 1. The number of hydrogen-bond acceptors (Lipinski definition) is 5. The van der Waals surface area contributed by atoms with E-state index in [0.717, 1.165) is 5.56 Å². The fourth-order valence-corrected chi connectivity index (χ4v) is 1.47. The SMILES string of the molecule is COc1cc(C(CN)CO)cc(OC)c1O. The molecule has 0 saturated carbocycles. The second-order valence-electron chi connectivity index (χ2n) is 3.39. The summed E-state index contributed by atoms with van der Waals surface area (Å²) in [5, 5.41) is 18.8. The number of nitrogens with two attached hydrogens (primary N) is 1. The number of rotatable bonds is 5. The summed E-state index contributed by atoms with van der Waals surface area (Å²) in [5.74, 6) is 0.369. The molecule has 0 heterocycles. The number of aliphatic hydroxyl groups excluding tert-OH is 1. The van der Waals surface area contributed by atoms with Gasteiger partial charge in [0.05, 0.1) is 20.8 Å². The van der Waals surface area contributed by atoms with Crippen LogP contribution in [0.3, 0.4) is 0 Å². The summed E-state index contributed by atoms with van der Waals surface area (Å²) >= 11 is 0. The van der Waals surface area contributed by atoms with E-state index in [1.165, 1.54) is 14.2 Å². The summed E-state index contributed by atoms with van der Waals surface area (Å²) in [6.45, 7) is 0.251. The van der Waals surface area contributed by atoms with Gasteiger partial charge in [0.25, 0.3) is 0 Å². The van der Waals surface area contributed by atoms with Crippen LogP contribution in [0.15, 0.2) is 12.1 Å². The molecule has 0 radical (unpaired) electrons. The normalized spacial score (nSPS) is 12.2. The Kier molecular flexibility index (Phi) is 4.39. The van der Waals surface area contributed by atoms with Crippen LogP contribution in [-0.4, -0.2) is 37.6 Å². The lowest BCUT2D eigenvalue weighted by Crippen LogP contribution is -2.16. The van der Waals surface area contributed by atoms with Gasteiger partial charge in [-0.15, -0.1) is 0 Å². The maximum Gasteiger partial charge on any atom is 0.200 e. The van der Waals surface area contributed by atoms with E-state index in [4.69, 9.17) is 20.3 Å². The third kappa shape index (κ3) is 2.37. The molecule has 1 aromatic rings.